The second-order valence-electron chi connectivity index (χ2n) is 8.00. The highest BCUT2D eigenvalue weighted by molar-refractivity contribution is 5.65. The molecule has 0 radical (unpaired) electrons. The smallest absolute Gasteiger partial charge is 0.00949 e. The third-order valence-corrected chi connectivity index (χ3v) is 5.28. The van der Waals surface area contributed by atoms with Crippen LogP contribution in [0.1, 0.15) is 61.8 Å². The molecular weight excluding hydrogens is 324 g/mol. The number of fused-ring (bicyclic) bond motifs is 1. The van der Waals surface area contributed by atoms with Crippen LogP contribution < -0.4 is 0 Å². The first-order valence-electron chi connectivity index (χ1n) is 10.4. The zero-order chi connectivity index (χ0) is 19.2. The molecule has 0 bridgehead atoms. The molecule has 0 aliphatic heterocycles. The summed E-state index contributed by atoms with van der Waals surface area (Å²) in [7, 11) is 0. The SMILES string of the molecule is CCC.Cc1cccc(-c2cccc([C@@H]3C[C@H](C)Cc4ccccc43)c2)c1. The molecule has 0 saturated heterocycles. The van der Waals surface area contributed by atoms with Gasteiger partial charge in [-0.3, -0.25) is 0 Å². The van der Waals surface area contributed by atoms with Crippen molar-refractivity contribution in [3.05, 3.63) is 95.1 Å². The molecule has 0 N–H and O–H groups in total. The summed E-state index contributed by atoms with van der Waals surface area (Å²) < 4.78 is 0. The molecule has 1 aliphatic carbocycles. The summed E-state index contributed by atoms with van der Waals surface area (Å²) in [5.74, 6) is 1.27. The Morgan fingerprint density at radius 1 is 0.815 bits per heavy atom. The second-order valence-corrected chi connectivity index (χ2v) is 8.00. The Morgan fingerprint density at radius 2 is 1.48 bits per heavy atom. The third-order valence-electron chi connectivity index (χ3n) is 5.28. The van der Waals surface area contributed by atoms with Gasteiger partial charge in [-0.15, -0.1) is 0 Å². The monoisotopic (exact) mass is 356 g/mol. The number of rotatable bonds is 2. The zero-order valence-corrected chi connectivity index (χ0v) is 17.2. The fraction of sp³-hybridized carbons (Fsp3) is 0.333. The van der Waals surface area contributed by atoms with Crippen LogP contribution in [0.3, 0.4) is 0 Å². The molecule has 0 nitrogen and oxygen atoms in total. The van der Waals surface area contributed by atoms with Gasteiger partial charge >= 0.3 is 0 Å². The number of benzene rings is 3. The summed E-state index contributed by atoms with van der Waals surface area (Å²) in [4.78, 5) is 0. The molecule has 3 aromatic carbocycles. The molecule has 0 spiro atoms. The van der Waals surface area contributed by atoms with Crippen LogP contribution in [-0.4, -0.2) is 0 Å². The third kappa shape index (κ3) is 4.69. The summed E-state index contributed by atoms with van der Waals surface area (Å²) in [6, 6.07) is 26.9. The van der Waals surface area contributed by atoms with Gasteiger partial charge in [0.05, 0.1) is 0 Å². The Morgan fingerprint density at radius 3 is 2.22 bits per heavy atom. The molecule has 2 atom stereocenters. The maximum absolute atomic E-state index is 2.40. The molecule has 0 heterocycles. The fourth-order valence-corrected chi connectivity index (χ4v) is 4.12. The van der Waals surface area contributed by atoms with E-state index in [1.807, 2.05) is 0 Å². The van der Waals surface area contributed by atoms with Crippen molar-refractivity contribution in [2.75, 3.05) is 0 Å². The Bertz CT molecular complexity index is 874. The number of aryl methyl sites for hydroxylation is 1. The van der Waals surface area contributed by atoms with Crippen LogP contribution in [0.15, 0.2) is 72.8 Å². The maximum Gasteiger partial charge on any atom is 0.00949 e. The summed E-state index contributed by atoms with van der Waals surface area (Å²) in [6.45, 7) is 8.79. The molecule has 140 valence electrons. The first kappa shape index (κ1) is 19.4. The van der Waals surface area contributed by atoms with Crippen LogP contribution >= 0.6 is 0 Å². The average Bonchev–Trinajstić information content (AvgIpc) is 2.68. The highest BCUT2D eigenvalue weighted by Gasteiger charge is 2.25. The van der Waals surface area contributed by atoms with Crippen LogP contribution in [0.25, 0.3) is 11.1 Å². The normalized spacial score (nSPS) is 18.2. The van der Waals surface area contributed by atoms with E-state index in [-0.39, 0.29) is 0 Å². The van der Waals surface area contributed by atoms with E-state index >= 15 is 0 Å². The van der Waals surface area contributed by atoms with Crippen LogP contribution in [0.5, 0.6) is 0 Å². The van der Waals surface area contributed by atoms with Gasteiger partial charge in [-0.05, 0) is 53.5 Å². The van der Waals surface area contributed by atoms with Crippen molar-refractivity contribution in [2.45, 2.75) is 52.9 Å². The summed E-state index contributed by atoms with van der Waals surface area (Å²) in [5, 5.41) is 0. The van der Waals surface area contributed by atoms with Gasteiger partial charge < -0.3 is 0 Å². The van der Waals surface area contributed by atoms with Gasteiger partial charge in [-0.25, -0.2) is 0 Å². The van der Waals surface area contributed by atoms with Crippen LogP contribution in [0, 0.1) is 12.8 Å². The van der Waals surface area contributed by atoms with Gasteiger partial charge in [0.15, 0.2) is 0 Å². The second kappa shape index (κ2) is 9.04. The number of hydrogen-bond acceptors (Lipinski definition) is 0. The lowest BCUT2D eigenvalue weighted by atomic mass is 9.74. The largest absolute Gasteiger partial charge is 0.0656 e. The van der Waals surface area contributed by atoms with Crippen molar-refractivity contribution in [2.24, 2.45) is 5.92 Å². The van der Waals surface area contributed by atoms with Gasteiger partial charge in [0, 0.05) is 5.92 Å². The minimum absolute atomic E-state index is 0.523. The molecule has 0 unspecified atom stereocenters. The Hall–Kier alpha value is -2.34. The summed E-state index contributed by atoms with van der Waals surface area (Å²) in [6.07, 6.45) is 3.71. The quantitative estimate of drug-likeness (QED) is 0.439. The lowest BCUT2D eigenvalue weighted by Gasteiger charge is -2.30. The van der Waals surface area contributed by atoms with Crippen LogP contribution in [0.4, 0.5) is 0 Å². The van der Waals surface area contributed by atoms with E-state index < -0.39 is 0 Å². The fourth-order valence-electron chi connectivity index (χ4n) is 4.12. The van der Waals surface area contributed by atoms with E-state index in [0.717, 1.165) is 5.92 Å². The molecule has 0 fully saturated rings. The Balaban J connectivity index is 0.000000659. The summed E-state index contributed by atoms with van der Waals surface area (Å²) in [5.41, 5.74) is 8.46. The van der Waals surface area contributed by atoms with E-state index in [1.54, 1.807) is 0 Å². The molecule has 4 rings (SSSR count). The van der Waals surface area contributed by atoms with Crippen molar-refractivity contribution in [3.8, 4) is 11.1 Å². The predicted octanol–water partition coefficient (Wildman–Crippen LogP) is 7.79. The highest BCUT2D eigenvalue weighted by atomic mass is 14.3. The lowest BCUT2D eigenvalue weighted by Crippen LogP contribution is -2.17. The molecule has 0 saturated carbocycles. The van der Waals surface area contributed by atoms with Gasteiger partial charge in [0.1, 0.15) is 0 Å². The van der Waals surface area contributed by atoms with E-state index in [0.29, 0.717) is 5.92 Å². The first-order valence-corrected chi connectivity index (χ1v) is 10.4. The Kier molecular flexibility index (Phi) is 6.50. The van der Waals surface area contributed by atoms with E-state index in [9.17, 15) is 0 Å². The van der Waals surface area contributed by atoms with Crippen molar-refractivity contribution in [3.63, 3.8) is 0 Å². The van der Waals surface area contributed by atoms with Gasteiger partial charge in [0.25, 0.3) is 0 Å². The molecule has 3 aromatic rings. The lowest BCUT2D eigenvalue weighted by molar-refractivity contribution is 0.464. The topological polar surface area (TPSA) is 0 Å². The Labute approximate surface area is 165 Å². The number of hydrogen-bond donors (Lipinski definition) is 0. The summed E-state index contributed by atoms with van der Waals surface area (Å²) >= 11 is 0. The molecular formula is C27H32. The van der Waals surface area contributed by atoms with Crippen molar-refractivity contribution in [1.82, 2.24) is 0 Å². The molecule has 1 aliphatic rings. The van der Waals surface area contributed by atoms with E-state index in [2.05, 4.69) is 100 Å². The molecule has 0 aromatic heterocycles. The van der Waals surface area contributed by atoms with E-state index in [1.165, 1.54) is 52.6 Å². The van der Waals surface area contributed by atoms with Crippen LogP contribution in [-0.2, 0) is 6.42 Å². The van der Waals surface area contributed by atoms with E-state index in [4.69, 9.17) is 0 Å². The van der Waals surface area contributed by atoms with Crippen molar-refractivity contribution in [1.29, 1.82) is 0 Å². The van der Waals surface area contributed by atoms with Crippen LogP contribution in [0.2, 0.25) is 0 Å². The highest BCUT2D eigenvalue weighted by Crippen LogP contribution is 2.40. The predicted molar refractivity (Wildman–Crippen MR) is 118 cm³/mol. The molecule has 0 heteroatoms. The minimum Gasteiger partial charge on any atom is -0.0656 e. The van der Waals surface area contributed by atoms with Crippen molar-refractivity contribution >= 4 is 0 Å². The maximum atomic E-state index is 2.40. The van der Waals surface area contributed by atoms with Gasteiger partial charge in [-0.1, -0.05) is 106 Å². The van der Waals surface area contributed by atoms with Gasteiger partial charge in [-0.2, -0.15) is 0 Å². The average molecular weight is 357 g/mol. The van der Waals surface area contributed by atoms with Gasteiger partial charge in [0.2, 0.25) is 0 Å². The standard InChI is InChI=1S/C24H24.C3H8/c1-17-7-5-9-19(13-17)20-10-6-11-22(16-20)24-15-18(2)14-21-8-3-4-12-23(21)24;1-3-2/h3-13,16,18,24H,14-15H2,1-2H3;3H2,1-2H3/t18-,24+;/m1./s1. The minimum atomic E-state index is 0.523. The first-order chi connectivity index (χ1) is 13.1. The molecule has 0 amide bonds. The molecule has 27 heavy (non-hydrogen) atoms. The zero-order valence-electron chi connectivity index (χ0n) is 17.2. The van der Waals surface area contributed by atoms with Crippen molar-refractivity contribution < 1.29 is 0 Å².